The second-order valence-corrected chi connectivity index (χ2v) is 7.16. The quantitative estimate of drug-likeness (QED) is 0.509. The van der Waals surface area contributed by atoms with Crippen molar-refractivity contribution in [3.63, 3.8) is 0 Å². The van der Waals surface area contributed by atoms with E-state index in [-0.39, 0.29) is 10.8 Å². The lowest BCUT2D eigenvalue weighted by atomic mass is 10.2. The van der Waals surface area contributed by atoms with Gasteiger partial charge in [0.1, 0.15) is 18.2 Å². The molecule has 0 unspecified atom stereocenters. The maximum atomic E-state index is 13.9. The molecular weight excluding hydrogens is 443 g/mol. The maximum absolute atomic E-state index is 13.9. The SMILES string of the molecule is O=C(NC(=S)Nc1ccc(Br)cc1F)c1cccc(OCc2ccccc2)c1. The molecule has 7 heteroatoms. The Morgan fingerprint density at radius 1 is 1.04 bits per heavy atom. The second kappa shape index (κ2) is 9.43. The standard InChI is InChI=1S/C21H16BrFN2O2S/c22-16-9-10-19(18(23)12-16)24-21(28)25-20(26)15-7-4-8-17(11-15)27-13-14-5-2-1-3-6-14/h1-12H,13H2,(H2,24,25,26,28). The van der Waals surface area contributed by atoms with E-state index in [9.17, 15) is 9.18 Å². The molecule has 0 heterocycles. The molecule has 2 N–H and O–H groups in total. The van der Waals surface area contributed by atoms with Crippen molar-refractivity contribution in [1.29, 1.82) is 0 Å². The minimum atomic E-state index is -0.484. The number of carbonyl (C=O) groups excluding carboxylic acids is 1. The van der Waals surface area contributed by atoms with Crippen molar-refractivity contribution in [3.8, 4) is 5.75 Å². The van der Waals surface area contributed by atoms with Crippen LogP contribution in [-0.4, -0.2) is 11.0 Å². The molecule has 3 aromatic rings. The molecule has 0 aromatic heterocycles. The highest BCUT2D eigenvalue weighted by molar-refractivity contribution is 9.10. The van der Waals surface area contributed by atoms with Crippen LogP contribution in [-0.2, 0) is 6.61 Å². The molecule has 0 saturated heterocycles. The highest BCUT2D eigenvalue weighted by Gasteiger charge is 2.11. The van der Waals surface area contributed by atoms with E-state index < -0.39 is 11.7 Å². The number of nitrogens with one attached hydrogen (secondary N) is 2. The van der Waals surface area contributed by atoms with Gasteiger partial charge < -0.3 is 10.1 Å². The molecule has 0 fully saturated rings. The van der Waals surface area contributed by atoms with E-state index >= 15 is 0 Å². The number of rotatable bonds is 5. The minimum absolute atomic E-state index is 0.00169. The van der Waals surface area contributed by atoms with Crippen LogP contribution in [0.1, 0.15) is 15.9 Å². The van der Waals surface area contributed by atoms with Crippen LogP contribution in [0.2, 0.25) is 0 Å². The molecular formula is C21H16BrFN2O2S. The lowest BCUT2D eigenvalue weighted by molar-refractivity contribution is 0.0977. The van der Waals surface area contributed by atoms with Gasteiger partial charge in [0, 0.05) is 10.0 Å². The first-order valence-electron chi connectivity index (χ1n) is 8.35. The Bertz CT molecular complexity index is 999. The second-order valence-electron chi connectivity index (χ2n) is 5.83. The highest BCUT2D eigenvalue weighted by Crippen LogP contribution is 2.19. The number of amides is 1. The first-order valence-corrected chi connectivity index (χ1v) is 9.55. The van der Waals surface area contributed by atoms with Crippen LogP contribution in [0.4, 0.5) is 10.1 Å². The number of ether oxygens (including phenoxy) is 1. The molecule has 0 aliphatic rings. The summed E-state index contributed by atoms with van der Waals surface area (Å²) >= 11 is 8.29. The summed E-state index contributed by atoms with van der Waals surface area (Å²) in [7, 11) is 0. The third-order valence-electron chi connectivity index (χ3n) is 3.75. The predicted octanol–water partition coefficient (Wildman–Crippen LogP) is 5.29. The van der Waals surface area contributed by atoms with Gasteiger partial charge in [-0.15, -0.1) is 0 Å². The summed E-state index contributed by atoms with van der Waals surface area (Å²) in [5.41, 5.74) is 1.58. The Balaban J connectivity index is 1.60. The summed E-state index contributed by atoms with van der Waals surface area (Å²) in [5, 5.41) is 5.21. The molecule has 3 rings (SSSR count). The van der Waals surface area contributed by atoms with Crippen molar-refractivity contribution in [3.05, 3.63) is 94.2 Å². The van der Waals surface area contributed by atoms with E-state index in [0.717, 1.165) is 5.56 Å². The highest BCUT2D eigenvalue weighted by atomic mass is 79.9. The van der Waals surface area contributed by atoms with Gasteiger partial charge in [-0.25, -0.2) is 4.39 Å². The third-order valence-corrected chi connectivity index (χ3v) is 4.45. The number of benzene rings is 3. The van der Waals surface area contributed by atoms with Gasteiger partial charge in [0.25, 0.3) is 5.91 Å². The van der Waals surface area contributed by atoms with E-state index in [0.29, 0.717) is 22.4 Å². The van der Waals surface area contributed by atoms with E-state index in [1.54, 1.807) is 30.3 Å². The predicted molar refractivity (Wildman–Crippen MR) is 115 cm³/mol. The Morgan fingerprint density at radius 2 is 1.82 bits per heavy atom. The molecule has 28 heavy (non-hydrogen) atoms. The molecule has 3 aromatic carbocycles. The molecule has 4 nitrogen and oxygen atoms in total. The van der Waals surface area contributed by atoms with E-state index in [2.05, 4.69) is 26.6 Å². The Hall–Kier alpha value is -2.77. The van der Waals surface area contributed by atoms with Crippen LogP contribution in [0.15, 0.2) is 77.3 Å². The molecule has 0 bridgehead atoms. The molecule has 142 valence electrons. The lowest BCUT2D eigenvalue weighted by Crippen LogP contribution is -2.34. The summed E-state index contributed by atoms with van der Waals surface area (Å²) in [6.07, 6.45) is 0. The molecule has 0 aliphatic carbocycles. The fourth-order valence-corrected chi connectivity index (χ4v) is 2.92. The van der Waals surface area contributed by atoms with E-state index in [1.807, 2.05) is 30.3 Å². The number of halogens is 2. The van der Waals surface area contributed by atoms with Gasteiger partial charge in [-0.05, 0) is 54.2 Å². The Kier molecular flexibility index (Phi) is 6.73. The number of carbonyl (C=O) groups is 1. The van der Waals surface area contributed by atoms with Crippen molar-refractivity contribution in [2.45, 2.75) is 6.61 Å². The number of hydrogen-bond donors (Lipinski definition) is 2. The summed E-state index contributed by atoms with van der Waals surface area (Å²) in [5.74, 6) is -0.336. The molecule has 0 radical (unpaired) electrons. The van der Waals surface area contributed by atoms with Crippen LogP contribution < -0.4 is 15.4 Å². The zero-order valence-electron chi connectivity index (χ0n) is 14.6. The summed E-state index contributed by atoms with van der Waals surface area (Å²) < 4.78 is 20.2. The van der Waals surface area contributed by atoms with E-state index in [4.69, 9.17) is 17.0 Å². The molecule has 0 spiro atoms. The number of thiocarbonyl (C=S) groups is 1. The maximum Gasteiger partial charge on any atom is 0.257 e. The molecule has 1 amide bonds. The van der Waals surface area contributed by atoms with Gasteiger partial charge in [-0.1, -0.05) is 52.3 Å². The Labute approximate surface area is 175 Å². The lowest BCUT2D eigenvalue weighted by Gasteiger charge is -2.11. The van der Waals surface area contributed by atoms with Gasteiger partial charge >= 0.3 is 0 Å². The van der Waals surface area contributed by atoms with Crippen molar-refractivity contribution in [2.75, 3.05) is 5.32 Å². The van der Waals surface area contributed by atoms with Crippen LogP contribution in [0.25, 0.3) is 0 Å². The average molecular weight is 459 g/mol. The van der Waals surface area contributed by atoms with Gasteiger partial charge in [0.2, 0.25) is 0 Å². The fourth-order valence-electron chi connectivity index (χ4n) is 2.39. The van der Waals surface area contributed by atoms with E-state index in [1.165, 1.54) is 12.1 Å². The zero-order chi connectivity index (χ0) is 19.9. The Morgan fingerprint density at radius 3 is 2.57 bits per heavy atom. The largest absolute Gasteiger partial charge is 0.489 e. The topological polar surface area (TPSA) is 50.4 Å². The van der Waals surface area contributed by atoms with Gasteiger partial charge in [0.05, 0.1) is 5.69 Å². The van der Waals surface area contributed by atoms with Crippen molar-refractivity contribution < 1.29 is 13.9 Å². The van der Waals surface area contributed by atoms with Gasteiger partial charge in [-0.3, -0.25) is 10.1 Å². The van der Waals surface area contributed by atoms with Crippen LogP contribution >= 0.6 is 28.1 Å². The smallest absolute Gasteiger partial charge is 0.257 e. The number of hydrogen-bond acceptors (Lipinski definition) is 3. The molecule has 0 aliphatic heterocycles. The average Bonchev–Trinajstić information content (AvgIpc) is 2.69. The van der Waals surface area contributed by atoms with Gasteiger partial charge in [0.15, 0.2) is 5.11 Å². The normalized spacial score (nSPS) is 10.2. The van der Waals surface area contributed by atoms with Crippen molar-refractivity contribution >= 4 is 44.9 Å². The number of anilines is 1. The van der Waals surface area contributed by atoms with Crippen LogP contribution in [0, 0.1) is 5.82 Å². The third kappa shape index (κ3) is 5.61. The summed E-state index contributed by atoms with van der Waals surface area (Å²) in [6, 6.07) is 21.0. The summed E-state index contributed by atoms with van der Waals surface area (Å²) in [6.45, 7) is 0.398. The van der Waals surface area contributed by atoms with Crippen LogP contribution in [0.5, 0.6) is 5.75 Å². The van der Waals surface area contributed by atoms with Gasteiger partial charge in [-0.2, -0.15) is 0 Å². The zero-order valence-corrected chi connectivity index (χ0v) is 17.0. The molecule has 0 atom stereocenters. The van der Waals surface area contributed by atoms with Crippen molar-refractivity contribution in [1.82, 2.24) is 5.32 Å². The first-order chi connectivity index (χ1) is 13.5. The minimum Gasteiger partial charge on any atom is -0.489 e. The van der Waals surface area contributed by atoms with Crippen molar-refractivity contribution in [2.24, 2.45) is 0 Å². The first kappa shape index (κ1) is 20.0. The molecule has 0 saturated carbocycles. The fraction of sp³-hybridized carbons (Fsp3) is 0.0476. The monoisotopic (exact) mass is 458 g/mol. The summed E-state index contributed by atoms with van der Waals surface area (Å²) in [4.78, 5) is 12.4. The van der Waals surface area contributed by atoms with Crippen LogP contribution in [0.3, 0.4) is 0 Å².